The molecule has 3 saturated heterocycles. The van der Waals surface area contributed by atoms with Crippen molar-refractivity contribution in [3.63, 3.8) is 0 Å². The summed E-state index contributed by atoms with van der Waals surface area (Å²) in [5.41, 5.74) is 5.31. The Hall–Kier alpha value is -2.31. The van der Waals surface area contributed by atoms with Gasteiger partial charge in [0.2, 0.25) is 11.8 Å². The van der Waals surface area contributed by atoms with Crippen molar-refractivity contribution in [2.75, 3.05) is 33.2 Å². The number of nitrogens with zero attached hydrogens (tertiary/aromatic N) is 3. The number of hydrogen-bond donors (Lipinski definition) is 4. The maximum Gasteiger partial charge on any atom is 0.353 e. The first-order chi connectivity index (χ1) is 16.0. The zero-order chi connectivity index (χ0) is 24.9. The van der Waals surface area contributed by atoms with Crippen LogP contribution in [0.15, 0.2) is 10.6 Å². The number of carbonyl (C=O) groups is 4. The van der Waals surface area contributed by atoms with Crippen molar-refractivity contribution in [2.24, 2.45) is 23.5 Å². The largest absolute Gasteiger partial charge is 0.477 e. The van der Waals surface area contributed by atoms with Crippen LogP contribution in [-0.4, -0.2) is 105 Å². The number of thioether (sulfide) groups is 1. The molecule has 188 valence electrons. The maximum atomic E-state index is 13.1. The molecule has 34 heavy (non-hydrogen) atoms. The summed E-state index contributed by atoms with van der Waals surface area (Å²) in [6.45, 7) is 5.75. The van der Waals surface area contributed by atoms with Gasteiger partial charge in [-0.3, -0.25) is 9.59 Å². The molecule has 0 unspecified atom stereocenters. The SMILES string of the molecule is C[C@@H](O)[C@H]1C(=O)N2C(C(=O)O)=C(S[C@@H]3CN[C@H](C(=O)N4CC[C@H](CN(C)C(N)=O)C4)C3)[C@H](C)[C@H]12. The molecule has 0 aliphatic carbocycles. The molecule has 11 nitrogen and oxygen atoms in total. The van der Waals surface area contributed by atoms with E-state index < -0.39 is 24.0 Å². The smallest absolute Gasteiger partial charge is 0.353 e. The van der Waals surface area contributed by atoms with Gasteiger partial charge < -0.3 is 36.0 Å². The van der Waals surface area contributed by atoms with Gasteiger partial charge >= 0.3 is 12.0 Å². The van der Waals surface area contributed by atoms with E-state index in [0.717, 1.165) is 6.42 Å². The molecular formula is C22H33N5O6S. The molecule has 4 aliphatic rings. The van der Waals surface area contributed by atoms with Gasteiger partial charge in [0.05, 0.1) is 24.1 Å². The lowest BCUT2D eigenvalue weighted by Gasteiger charge is -2.46. The van der Waals surface area contributed by atoms with E-state index in [2.05, 4.69) is 5.32 Å². The average molecular weight is 496 g/mol. The minimum atomic E-state index is -1.14. The van der Waals surface area contributed by atoms with Crippen LogP contribution < -0.4 is 11.1 Å². The van der Waals surface area contributed by atoms with Crippen LogP contribution in [0.1, 0.15) is 26.7 Å². The van der Waals surface area contributed by atoms with Gasteiger partial charge in [0.15, 0.2) is 0 Å². The highest BCUT2D eigenvalue weighted by atomic mass is 32.2. The van der Waals surface area contributed by atoms with Gasteiger partial charge in [-0.1, -0.05) is 6.92 Å². The summed E-state index contributed by atoms with van der Waals surface area (Å²) in [7, 11) is 1.65. The van der Waals surface area contributed by atoms with E-state index in [1.54, 1.807) is 14.0 Å². The third-order valence-electron chi connectivity index (χ3n) is 7.50. The van der Waals surface area contributed by atoms with Gasteiger partial charge in [-0.15, -0.1) is 11.8 Å². The van der Waals surface area contributed by atoms with Crippen LogP contribution >= 0.6 is 11.8 Å². The molecule has 5 N–H and O–H groups in total. The topological polar surface area (TPSA) is 157 Å². The van der Waals surface area contributed by atoms with Gasteiger partial charge in [0.25, 0.3) is 0 Å². The summed E-state index contributed by atoms with van der Waals surface area (Å²) in [6, 6.07) is -1.17. The van der Waals surface area contributed by atoms with Gasteiger partial charge in [-0.2, -0.15) is 0 Å². The summed E-state index contributed by atoms with van der Waals surface area (Å²) >= 11 is 1.43. The number of amides is 4. The predicted octanol–water partition coefficient (Wildman–Crippen LogP) is -0.537. The number of primary amides is 1. The summed E-state index contributed by atoms with van der Waals surface area (Å²) < 4.78 is 0. The lowest BCUT2D eigenvalue weighted by atomic mass is 9.79. The number of likely N-dealkylation sites (tertiary alicyclic amines) is 1. The first-order valence-corrected chi connectivity index (χ1v) is 12.6. The predicted molar refractivity (Wildman–Crippen MR) is 124 cm³/mol. The minimum Gasteiger partial charge on any atom is -0.477 e. The fourth-order valence-corrected chi connectivity index (χ4v) is 7.20. The number of nitrogens with two attached hydrogens (primary N) is 1. The van der Waals surface area contributed by atoms with Gasteiger partial charge in [0, 0.05) is 49.3 Å². The second kappa shape index (κ2) is 9.38. The van der Waals surface area contributed by atoms with Crippen molar-refractivity contribution >= 4 is 35.6 Å². The fraction of sp³-hybridized carbons (Fsp3) is 0.727. The van der Waals surface area contributed by atoms with Crippen molar-refractivity contribution in [3.8, 4) is 0 Å². The highest BCUT2D eigenvalue weighted by Gasteiger charge is 2.60. The van der Waals surface area contributed by atoms with Gasteiger partial charge in [-0.25, -0.2) is 9.59 Å². The summed E-state index contributed by atoms with van der Waals surface area (Å²) in [6.07, 6.45) is 0.543. The van der Waals surface area contributed by atoms with Crippen molar-refractivity contribution in [3.05, 3.63) is 10.6 Å². The number of β-lactam (4-membered cyclic amide) rings is 1. The van der Waals surface area contributed by atoms with Crippen LogP contribution in [0.3, 0.4) is 0 Å². The van der Waals surface area contributed by atoms with Gasteiger partial charge in [-0.05, 0) is 25.7 Å². The Morgan fingerprint density at radius 3 is 2.68 bits per heavy atom. The molecule has 0 radical (unpaired) electrons. The van der Waals surface area contributed by atoms with Crippen LogP contribution in [0.4, 0.5) is 4.79 Å². The van der Waals surface area contributed by atoms with Gasteiger partial charge in [0.1, 0.15) is 5.70 Å². The molecule has 4 aliphatic heterocycles. The van der Waals surface area contributed by atoms with Crippen molar-refractivity contribution in [2.45, 2.75) is 50.1 Å². The number of carboxylic acid groups (broad SMARTS) is 1. The number of fused-ring (bicyclic) bond motifs is 1. The molecular weight excluding hydrogens is 462 g/mol. The Labute approximate surface area is 202 Å². The lowest BCUT2D eigenvalue weighted by Crippen LogP contribution is -2.63. The van der Waals surface area contributed by atoms with E-state index in [4.69, 9.17) is 5.73 Å². The molecule has 4 heterocycles. The standard InChI is InChI=1S/C22H33N5O6S/c1-10-16-15(11(2)28)20(30)27(16)17(21(31)32)18(10)34-13-6-14(24-7-13)19(29)26-5-4-12(9-26)8-25(3)22(23)33/h10-16,24,28H,4-9H2,1-3H3,(H2,23,33)(H,31,32)/t10-,11-,12-,13+,14+,15-,16-/m1/s1. The van der Waals surface area contributed by atoms with Crippen molar-refractivity contribution in [1.82, 2.24) is 20.0 Å². The molecule has 3 fully saturated rings. The molecule has 0 aromatic heterocycles. The molecule has 0 bridgehead atoms. The number of rotatable bonds is 7. The Bertz CT molecular complexity index is 925. The quantitative estimate of drug-likeness (QED) is 0.343. The molecule has 0 saturated carbocycles. The second-order valence-electron chi connectivity index (χ2n) is 9.87. The Balaban J connectivity index is 1.37. The number of aliphatic hydroxyl groups is 1. The number of carbonyl (C=O) groups excluding carboxylic acids is 3. The molecule has 7 atom stereocenters. The highest BCUT2D eigenvalue weighted by Crippen LogP contribution is 2.51. The third kappa shape index (κ3) is 4.27. The maximum absolute atomic E-state index is 13.1. The minimum absolute atomic E-state index is 0.000975. The summed E-state index contributed by atoms with van der Waals surface area (Å²) in [5, 5.41) is 23.1. The van der Waals surface area contributed by atoms with E-state index in [9.17, 15) is 29.4 Å². The lowest BCUT2D eigenvalue weighted by molar-refractivity contribution is -0.163. The summed E-state index contributed by atoms with van der Waals surface area (Å²) in [5.74, 6) is -2.05. The Morgan fingerprint density at radius 1 is 1.35 bits per heavy atom. The first-order valence-electron chi connectivity index (χ1n) is 11.7. The van der Waals surface area contributed by atoms with E-state index in [-0.39, 0.29) is 46.7 Å². The van der Waals surface area contributed by atoms with Crippen molar-refractivity contribution < 1.29 is 29.4 Å². The van der Waals surface area contributed by atoms with E-state index in [1.807, 2.05) is 11.8 Å². The van der Waals surface area contributed by atoms with Crippen LogP contribution in [0, 0.1) is 17.8 Å². The third-order valence-corrected chi connectivity index (χ3v) is 9.01. The average Bonchev–Trinajstić information content (AvgIpc) is 3.46. The number of aliphatic carboxylic acids is 1. The number of aliphatic hydroxyl groups excluding tert-OH is 1. The number of carboxylic acids is 1. The molecule has 12 heteroatoms. The van der Waals surface area contributed by atoms with Crippen molar-refractivity contribution in [1.29, 1.82) is 0 Å². The Morgan fingerprint density at radius 2 is 2.06 bits per heavy atom. The molecule has 4 amide bonds. The Kier molecular flexibility index (Phi) is 6.85. The monoisotopic (exact) mass is 495 g/mol. The second-order valence-corrected chi connectivity index (χ2v) is 11.2. The zero-order valence-corrected chi connectivity index (χ0v) is 20.5. The van der Waals surface area contributed by atoms with E-state index in [0.29, 0.717) is 37.5 Å². The molecule has 0 spiro atoms. The summed E-state index contributed by atoms with van der Waals surface area (Å²) in [4.78, 5) is 54.1. The first kappa shape index (κ1) is 24.8. The van der Waals surface area contributed by atoms with E-state index >= 15 is 0 Å². The number of hydrogen-bond acceptors (Lipinski definition) is 7. The molecule has 0 aromatic rings. The fourth-order valence-electron chi connectivity index (χ4n) is 5.72. The van der Waals surface area contributed by atoms with Crippen LogP contribution in [-0.2, 0) is 14.4 Å². The van der Waals surface area contributed by atoms with Crippen LogP contribution in [0.2, 0.25) is 0 Å². The van der Waals surface area contributed by atoms with Crippen LogP contribution in [0.5, 0.6) is 0 Å². The molecule has 4 rings (SSSR count). The van der Waals surface area contributed by atoms with E-state index in [1.165, 1.54) is 21.6 Å². The normalized spacial score (nSPS) is 33.7. The highest BCUT2D eigenvalue weighted by molar-refractivity contribution is 8.03. The number of urea groups is 1. The zero-order valence-electron chi connectivity index (χ0n) is 19.6. The number of nitrogens with one attached hydrogen (secondary N) is 1. The van der Waals surface area contributed by atoms with Crippen LogP contribution in [0.25, 0.3) is 0 Å². The molecule has 0 aromatic carbocycles.